The predicted molar refractivity (Wildman–Crippen MR) is 48.9 cm³/mol. The Morgan fingerprint density at radius 1 is 1.30 bits per heavy atom. The van der Waals surface area contributed by atoms with Crippen LogP contribution in [0.4, 0.5) is 0 Å². The van der Waals surface area contributed by atoms with Gasteiger partial charge in [-0.2, -0.15) is 0 Å². The minimum Gasteiger partial charge on any atom is -0.331 e. The van der Waals surface area contributed by atoms with Crippen LogP contribution in [-0.2, 0) is 0 Å². The van der Waals surface area contributed by atoms with Crippen molar-refractivity contribution in [2.45, 2.75) is 37.8 Å². The summed E-state index contributed by atoms with van der Waals surface area (Å²) in [4.78, 5) is 0. The highest BCUT2D eigenvalue weighted by atomic mass is 28.3. The first-order valence-corrected chi connectivity index (χ1v) is 6.38. The highest BCUT2D eigenvalue weighted by molar-refractivity contribution is 6.57. The van der Waals surface area contributed by atoms with Gasteiger partial charge in [0.05, 0.1) is 0 Å². The van der Waals surface area contributed by atoms with Crippen LogP contribution in [0, 0.1) is 0 Å². The van der Waals surface area contributed by atoms with Gasteiger partial charge in [-0.15, -0.1) is 0 Å². The summed E-state index contributed by atoms with van der Waals surface area (Å²) in [6.07, 6.45) is 4.48. The third-order valence-corrected chi connectivity index (χ3v) is 6.70. The van der Waals surface area contributed by atoms with Gasteiger partial charge < -0.3 is 4.57 Å². The van der Waals surface area contributed by atoms with E-state index >= 15 is 0 Å². The fraction of sp³-hybridized carbons (Fsp3) is 1.00. The quantitative estimate of drug-likeness (QED) is 0.525. The second-order valence-electron chi connectivity index (χ2n) is 3.79. The van der Waals surface area contributed by atoms with Crippen LogP contribution in [0.15, 0.2) is 0 Å². The van der Waals surface area contributed by atoms with Crippen molar-refractivity contribution >= 4 is 8.96 Å². The van der Waals surface area contributed by atoms with Gasteiger partial charge in [-0.3, -0.25) is 0 Å². The summed E-state index contributed by atoms with van der Waals surface area (Å²) in [7, 11) is 4.06. The molecular weight excluding hydrogens is 138 g/mol. The Bertz CT molecular complexity index is 103. The molecule has 0 aromatic rings. The molecule has 0 N–H and O–H groups in total. The summed E-state index contributed by atoms with van der Waals surface area (Å²) in [6.45, 7) is 2.44. The minimum atomic E-state index is -0.460. The summed E-state index contributed by atoms with van der Waals surface area (Å²) < 4.78 is 2.52. The van der Waals surface area contributed by atoms with E-state index in [0.29, 0.717) is 0 Å². The standard InChI is InChI=1S/C8H19NSi/c1-8-6-4-5-7-10(8)9(2)3/h8,10H,4-7H2,1-3H3. The maximum absolute atomic E-state index is 2.52. The van der Waals surface area contributed by atoms with Crippen molar-refractivity contribution in [2.24, 2.45) is 0 Å². The third kappa shape index (κ3) is 1.83. The normalized spacial score (nSPS) is 34.8. The van der Waals surface area contributed by atoms with Crippen molar-refractivity contribution in [1.82, 2.24) is 4.57 Å². The van der Waals surface area contributed by atoms with Crippen molar-refractivity contribution in [3.05, 3.63) is 0 Å². The third-order valence-electron chi connectivity index (χ3n) is 2.73. The van der Waals surface area contributed by atoms with Crippen molar-refractivity contribution < 1.29 is 0 Å². The highest BCUT2D eigenvalue weighted by Gasteiger charge is 2.24. The first-order valence-electron chi connectivity index (χ1n) is 4.38. The molecule has 0 aromatic carbocycles. The Kier molecular flexibility index (Phi) is 2.92. The summed E-state index contributed by atoms with van der Waals surface area (Å²) in [5, 5.41) is 0. The van der Waals surface area contributed by atoms with Crippen LogP contribution < -0.4 is 0 Å². The molecule has 0 radical (unpaired) electrons. The van der Waals surface area contributed by atoms with E-state index in [1.807, 2.05) is 0 Å². The van der Waals surface area contributed by atoms with E-state index in [2.05, 4.69) is 25.6 Å². The Morgan fingerprint density at radius 2 is 2.00 bits per heavy atom. The molecule has 2 unspecified atom stereocenters. The molecule has 0 saturated carbocycles. The smallest absolute Gasteiger partial charge is 0.114 e. The van der Waals surface area contributed by atoms with Crippen molar-refractivity contribution in [3.8, 4) is 0 Å². The summed E-state index contributed by atoms with van der Waals surface area (Å²) in [6, 6.07) is 1.55. The largest absolute Gasteiger partial charge is 0.331 e. The van der Waals surface area contributed by atoms with Crippen LogP contribution in [0.25, 0.3) is 0 Å². The molecule has 1 fully saturated rings. The van der Waals surface area contributed by atoms with Crippen LogP contribution in [0.1, 0.15) is 26.2 Å². The van der Waals surface area contributed by atoms with Crippen LogP contribution in [0.2, 0.25) is 11.6 Å². The first kappa shape index (κ1) is 8.28. The lowest BCUT2D eigenvalue weighted by molar-refractivity contribution is 0.549. The maximum atomic E-state index is 2.52. The molecule has 1 aliphatic heterocycles. The highest BCUT2D eigenvalue weighted by Crippen LogP contribution is 2.28. The van der Waals surface area contributed by atoms with Gasteiger partial charge in [-0.05, 0) is 25.7 Å². The molecule has 0 aliphatic carbocycles. The summed E-state index contributed by atoms with van der Waals surface area (Å²) in [5.41, 5.74) is 1.06. The zero-order chi connectivity index (χ0) is 7.56. The topological polar surface area (TPSA) is 3.24 Å². The molecule has 0 bridgehead atoms. The minimum absolute atomic E-state index is 0.460. The number of nitrogens with zero attached hydrogens (tertiary/aromatic N) is 1. The van der Waals surface area contributed by atoms with Gasteiger partial charge in [-0.25, -0.2) is 0 Å². The molecule has 0 aromatic heterocycles. The Labute approximate surface area is 66.1 Å². The Morgan fingerprint density at radius 3 is 2.40 bits per heavy atom. The van der Waals surface area contributed by atoms with Crippen LogP contribution in [0.5, 0.6) is 0 Å². The van der Waals surface area contributed by atoms with E-state index in [0.717, 1.165) is 5.54 Å². The average Bonchev–Trinajstić information content (AvgIpc) is 1.88. The maximum Gasteiger partial charge on any atom is 0.114 e. The van der Waals surface area contributed by atoms with Gasteiger partial charge in [0.15, 0.2) is 0 Å². The van der Waals surface area contributed by atoms with Gasteiger partial charge in [0, 0.05) is 0 Å². The lowest BCUT2D eigenvalue weighted by Gasteiger charge is -2.32. The number of hydrogen-bond acceptors (Lipinski definition) is 1. The van der Waals surface area contributed by atoms with Gasteiger partial charge in [0.2, 0.25) is 0 Å². The van der Waals surface area contributed by atoms with Gasteiger partial charge in [0.25, 0.3) is 0 Å². The van der Waals surface area contributed by atoms with Crippen LogP contribution in [-0.4, -0.2) is 27.6 Å². The van der Waals surface area contributed by atoms with Gasteiger partial charge in [-0.1, -0.05) is 26.2 Å². The molecule has 1 aliphatic rings. The molecule has 60 valence electrons. The molecule has 1 heterocycles. The molecule has 1 nitrogen and oxygen atoms in total. The van der Waals surface area contributed by atoms with Crippen LogP contribution in [0.3, 0.4) is 0 Å². The second-order valence-corrected chi connectivity index (χ2v) is 7.68. The monoisotopic (exact) mass is 157 g/mol. The summed E-state index contributed by atoms with van der Waals surface area (Å²) in [5.74, 6) is 0. The van der Waals surface area contributed by atoms with E-state index < -0.39 is 8.96 Å². The van der Waals surface area contributed by atoms with Crippen molar-refractivity contribution in [3.63, 3.8) is 0 Å². The van der Waals surface area contributed by atoms with Gasteiger partial charge >= 0.3 is 0 Å². The van der Waals surface area contributed by atoms with E-state index in [1.54, 1.807) is 6.04 Å². The number of hydrogen-bond donors (Lipinski definition) is 0. The average molecular weight is 157 g/mol. The first-order chi connectivity index (χ1) is 4.72. The zero-order valence-corrected chi connectivity index (χ0v) is 8.59. The fourth-order valence-electron chi connectivity index (χ4n) is 2.06. The molecular formula is C8H19NSi. The second kappa shape index (κ2) is 3.53. The lowest BCUT2D eigenvalue weighted by Crippen LogP contribution is -2.37. The lowest BCUT2D eigenvalue weighted by atomic mass is 10.2. The van der Waals surface area contributed by atoms with E-state index in [4.69, 9.17) is 0 Å². The number of rotatable bonds is 1. The SMILES string of the molecule is CC1CCCC[SiH]1N(C)C. The zero-order valence-electron chi connectivity index (χ0n) is 7.43. The van der Waals surface area contributed by atoms with Gasteiger partial charge in [0.1, 0.15) is 8.96 Å². The Hall–Kier alpha value is 0.177. The molecule has 1 saturated heterocycles. The Balaban J connectivity index is 2.40. The molecule has 0 amide bonds. The predicted octanol–water partition coefficient (Wildman–Crippen LogP) is 1.85. The molecule has 10 heavy (non-hydrogen) atoms. The van der Waals surface area contributed by atoms with E-state index in [9.17, 15) is 0 Å². The van der Waals surface area contributed by atoms with Crippen LogP contribution >= 0.6 is 0 Å². The molecule has 2 atom stereocenters. The van der Waals surface area contributed by atoms with E-state index in [-0.39, 0.29) is 0 Å². The fourth-order valence-corrected chi connectivity index (χ4v) is 5.49. The van der Waals surface area contributed by atoms with Crippen molar-refractivity contribution in [2.75, 3.05) is 14.1 Å². The van der Waals surface area contributed by atoms with Crippen molar-refractivity contribution in [1.29, 1.82) is 0 Å². The molecule has 0 spiro atoms. The molecule has 2 heteroatoms. The summed E-state index contributed by atoms with van der Waals surface area (Å²) >= 11 is 0. The molecule has 1 rings (SSSR count). The van der Waals surface area contributed by atoms with E-state index in [1.165, 1.54) is 19.3 Å².